The third-order valence-corrected chi connectivity index (χ3v) is 2.47. The first-order valence-corrected chi connectivity index (χ1v) is 4.38. The van der Waals surface area contributed by atoms with Gasteiger partial charge in [-0.25, -0.2) is 9.50 Å². The third kappa shape index (κ3) is 1.10. The molecule has 2 aromatic heterocycles. The van der Waals surface area contributed by atoms with Gasteiger partial charge in [-0.05, 0) is 34.7 Å². The normalized spacial score (nSPS) is 10.7. The second-order valence-electron chi connectivity index (χ2n) is 2.00. The maximum atomic E-state index is 5.80. The highest BCUT2D eigenvalue weighted by molar-refractivity contribution is 14.1. The highest BCUT2D eigenvalue weighted by atomic mass is 127. The lowest BCUT2D eigenvalue weighted by molar-refractivity contribution is 0.883. The Balaban J connectivity index is 2.94. The van der Waals surface area contributed by atoms with Crippen molar-refractivity contribution in [1.82, 2.24) is 14.6 Å². The fourth-order valence-electron chi connectivity index (χ4n) is 0.872. The third-order valence-electron chi connectivity index (χ3n) is 1.36. The van der Waals surface area contributed by atoms with Crippen LogP contribution in [0.2, 0.25) is 5.15 Å². The number of fused-ring (bicyclic) bond motifs is 1. The van der Waals surface area contributed by atoms with Gasteiger partial charge in [-0.3, -0.25) is 0 Å². The van der Waals surface area contributed by atoms with Crippen LogP contribution in [0.3, 0.4) is 0 Å². The molecule has 2 heterocycles. The van der Waals surface area contributed by atoms with Crippen LogP contribution in [-0.4, -0.2) is 14.6 Å². The van der Waals surface area contributed by atoms with Crippen LogP contribution in [0.25, 0.3) is 5.52 Å². The lowest BCUT2D eigenvalue weighted by Crippen LogP contribution is -1.93. The van der Waals surface area contributed by atoms with Crippen LogP contribution in [0.5, 0.6) is 0 Å². The first-order valence-electron chi connectivity index (χ1n) is 2.93. The summed E-state index contributed by atoms with van der Waals surface area (Å²) in [5.74, 6) is 0. The smallest absolute Gasteiger partial charge is 0.156 e. The fourth-order valence-corrected chi connectivity index (χ4v) is 1.62. The Hall–Kier alpha value is -0.360. The Morgan fingerprint density at radius 1 is 1.45 bits per heavy atom. The van der Waals surface area contributed by atoms with Gasteiger partial charge in [0, 0.05) is 0 Å². The predicted octanol–water partition coefficient (Wildman–Crippen LogP) is 1.99. The molecular weight excluding hydrogens is 276 g/mol. The van der Waals surface area contributed by atoms with Gasteiger partial charge < -0.3 is 0 Å². The molecule has 0 fully saturated rings. The summed E-state index contributed by atoms with van der Waals surface area (Å²) in [6, 6.07) is 3.83. The highest BCUT2D eigenvalue weighted by Gasteiger charge is 2.02. The van der Waals surface area contributed by atoms with E-state index in [1.54, 1.807) is 4.52 Å². The summed E-state index contributed by atoms with van der Waals surface area (Å²) in [7, 11) is 0. The molecule has 0 saturated heterocycles. The summed E-state index contributed by atoms with van der Waals surface area (Å²) in [6.07, 6.45) is 1.44. The summed E-state index contributed by atoms with van der Waals surface area (Å²) in [6.45, 7) is 0. The molecular formula is C6H3ClIN3. The van der Waals surface area contributed by atoms with Crippen molar-refractivity contribution in [2.45, 2.75) is 0 Å². The van der Waals surface area contributed by atoms with Crippen molar-refractivity contribution in [3.05, 3.63) is 27.3 Å². The van der Waals surface area contributed by atoms with E-state index in [0.717, 1.165) is 9.22 Å². The quantitative estimate of drug-likeness (QED) is 0.690. The van der Waals surface area contributed by atoms with Crippen molar-refractivity contribution in [1.29, 1.82) is 0 Å². The molecule has 0 atom stereocenters. The second-order valence-corrected chi connectivity index (χ2v) is 3.47. The van der Waals surface area contributed by atoms with Crippen molar-refractivity contribution >= 4 is 39.7 Å². The van der Waals surface area contributed by atoms with Gasteiger partial charge in [-0.2, -0.15) is 5.10 Å². The molecule has 0 aliphatic rings. The molecule has 0 unspecified atom stereocenters. The second kappa shape index (κ2) is 2.60. The average molecular weight is 279 g/mol. The molecule has 56 valence electrons. The molecule has 0 saturated carbocycles. The van der Waals surface area contributed by atoms with Gasteiger partial charge in [0.15, 0.2) is 5.15 Å². The Labute approximate surface area is 81.5 Å². The van der Waals surface area contributed by atoms with E-state index < -0.39 is 0 Å². The molecule has 0 bridgehead atoms. The first-order chi connectivity index (χ1) is 5.29. The van der Waals surface area contributed by atoms with Gasteiger partial charge >= 0.3 is 0 Å². The molecule has 0 aliphatic carbocycles. The van der Waals surface area contributed by atoms with Crippen LogP contribution in [0.1, 0.15) is 0 Å². The minimum atomic E-state index is 0.489. The van der Waals surface area contributed by atoms with Crippen LogP contribution < -0.4 is 0 Å². The maximum absolute atomic E-state index is 5.80. The Morgan fingerprint density at radius 2 is 2.27 bits per heavy atom. The van der Waals surface area contributed by atoms with Crippen LogP contribution in [0, 0.1) is 3.70 Å². The van der Waals surface area contributed by atoms with Gasteiger partial charge in [-0.15, -0.1) is 0 Å². The Morgan fingerprint density at radius 3 is 3.00 bits per heavy atom. The molecule has 2 rings (SSSR count). The lowest BCUT2D eigenvalue weighted by Gasteiger charge is -1.94. The predicted molar refractivity (Wildman–Crippen MR) is 50.7 cm³/mol. The largest absolute Gasteiger partial charge is 0.223 e. The monoisotopic (exact) mass is 279 g/mol. The van der Waals surface area contributed by atoms with Crippen LogP contribution in [0.4, 0.5) is 0 Å². The van der Waals surface area contributed by atoms with Gasteiger partial charge in [0.2, 0.25) is 0 Å². The summed E-state index contributed by atoms with van der Waals surface area (Å²) in [5, 5.41) is 4.50. The summed E-state index contributed by atoms with van der Waals surface area (Å²) >= 11 is 7.98. The molecule has 0 aliphatic heterocycles. The zero-order valence-corrected chi connectivity index (χ0v) is 8.24. The highest BCUT2D eigenvalue weighted by Crippen LogP contribution is 2.16. The van der Waals surface area contributed by atoms with Crippen molar-refractivity contribution in [3.8, 4) is 0 Å². The van der Waals surface area contributed by atoms with Gasteiger partial charge in [0.25, 0.3) is 0 Å². The summed E-state index contributed by atoms with van der Waals surface area (Å²) < 4.78 is 2.78. The van der Waals surface area contributed by atoms with E-state index in [2.05, 4.69) is 32.7 Å². The van der Waals surface area contributed by atoms with Crippen LogP contribution in [0.15, 0.2) is 18.5 Å². The molecule has 0 amide bonds. The zero-order valence-electron chi connectivity index (χ0n) is 5.33. The maximum Gasteiger partial charge on any atom is 0.156 e. The molecule has 0 aromatic carbocycles. The molecule has 2 aromatic rings. The van der Waals surface area contributed by atoms with Gasteiger partial charge in [-0.1, -0.05) is 11.6 Å². The van der Waals surface area contributed by atoms with E-state index in [9.17, 15) is 0 Å². The van der Waals surface area contributed by atoms with E-state index in [1.807, 2.05) is 12.1 Å². The Bertz CT molecular complexity index is 398. The summed E-state index contributed by atoms with van der Waals surface area (Å²) in [4.78, 5) is 3.85. The van der Waals surface area contributed by atoms with Crippen LogP contribution >= 0.6 is 34.2 Å². The van der Waals surface area contributed by atoms with Crippen molar-refractivity contribution in [2.24, 2.45) is 0 Å². The molecule has 0 radical (unpaired) electrons. The minimum absolute atomic E-state index is 0.489. The molecule has 3 nitrogen and oxygen atoms in total. The van der Waals surface area contributed by atoms with Crippen molar-refractivity contribution in [3.63, 3.8) is 0 Å². The number of halogens is 2. The molecule has 0 N–H and O–H groups in total. The number of nitrogens with zero attached hydrogens (tertiary/aromatic N) is 3. The number of hydrogen-bond acceptors (Lipinski definition) is 2. The average Bonchev–Trinajstić information content (AvgIpc) is 2.35. The standard InChI is InChI=1S/C6H3ClIN3/c7-6-4-1-2-5(8)11(4)10-3-9-6/h1-3H. The summed E-state index contributed by atoms with van der Waals surface area (Å²) in [5.41, 5.74) is 0.846. The van der Waals surface area contributed by atoms with Gasteiger partial charge in [0.05, 0.1) is 0 Å². The van der Waals surface area contributed by atoms with E-state index in [-0.39, 0.29) is 0 Å². The van der Waals surface area contributed by atoms with E-state index in [1.165, 1.54) is 6.33 Å². The van der Waals surface area contributed by atoms with Crippen LogP contribution in [-0.2, 0) is 0 Å². The molecule has 5 heteroatoms. The lowest BCUT2D eigenvalue weighted by atomic mass is 10.5. The fraction of sp³-hybridized carbons (Fsp3) is 0. The van der Waals surface area contributed by atoms with Crippen molar-refractivity contribution < 1.29 is 0 Å². The van der Waals surface area contributed by atoms with E-state index in [0.29, 0.717) is 5.15 Å². The zero-order chi connectivity index (χ0) is 7.84. The van der Waals surface area contributed by atoms with E-state index >= 15 is 0 Å². The number of aromatic nitrogens is 3. The minimum Gasteiger partial charge on any atom is -0.223 e. The SMILES string of the molecule is Clc1ncnn2c(I)ccc12. The van der Waals surface area contributed by atoms with E-state index in [4.69, 9.17) is 11.6 Å². The molecule has 0 spiro atoms. The number of rotatable bonds is 0. The first kappa shape index (κ1) is 7.30. The Kier molecular flexibility index (Phi) is 1.72. The topological polar surface area (TPSA) is 30.2 Å². The van der Waals surface area contributed by atoms with Crippen molar-refractivity contribution in [2.75, 3.05) is 0 Å². The van der Waals surface area contributed by atoms with Gasteiger partial charge in [0.1, 0.15) is 15.5 Å². The number of hydrogen-bond donors (Lipinski definition) is 0. The molecule has 11 heavy (non-hydrogen) atoms.